The first-order valence-electron chi connectivity index (χ1n) is 15.3. The maximum atomic E-state index is 14.3. The van der Waals surface area contributed by atoms with Crippen molar-refractivity contribution in [3.63, 3.8) is 0 Å². The van der Waals surface area contributed by atoms with Gasteiger partial charge in [-0.3, -0.25) is 13.9 Å². The van der Waals surface area contributed by atoms with Crippen LogP contribution in [0, 0.1) is 6.92 Å². The van der Waals surface area contributed by atoms with E-state index in [0.29, 0.717) is 29.5 Å². The molecule has 1 fully saturated rings. The number of sulfonamides is 1. The van der Waals surface area contributed by atoms with Crippen molar-refractivity contribution in [2.24, 2.45) is 0 Å². The van der Waals surface area contributed by atoms with Crippen LogP contribution in [0.3, 0.4) is 0 Å². The van der Waals surface area contributed by atoms with Crippen LogP contribution in [0.5, 0.6) is 5.75 Å². The first-order valence-corrected chi connectivity index (χ1v) is 17.1. The van der Waals surface area contributed by atoms with E-state index in [1.54, 1.807) is 48.5 Å². The standard InChI is InChI=1S/C34H42ClN3O5S/c1-4-32(34(40)36-28-9-7-6-8-10-28)37(23-26-13-15-27(35)16-14-26)33(39)24-38(29-17-19-30(20-18-29)43-5-2)44(41,42)31-21-11-25(3)12-22-31/h11-22,28,32H,4-10,23-24H2,1-3H3,(H,36,40)/t32-/m1/s1. The monoisotopic (exact) mass is 639 g/mol. The van der Waals surface area contributed by atoms with Gasteiger partial charge in [0.25, 0.3) is 10.0 Å². The second-order valence-electron chi connectivity index (χ2n) is 11.2. The summed E-state index contributed by atoms with van der Waals surface area (Å²) in [4.78, 5) is 29.5. The number of halogens is 1. The Kier molecular flexibility index (Phi) is 11.7. The van der Waals surface area contributed by atoms with Gasteiger partial charge in [0.1, 0.15) is 18.3 Å². The van der Waals surface area contributed by atoms with Gasteiger partial charge in [0.2, 0.25) is 11.8 Å². The van der Waals surface area contributed by atoms with Crippen molar-refractivity contribution in [3.05, 3.63) is 88.9 Å². The SMILES string of the molecule is CCOc1ccc(N(CC(=O)N(Cc2ccc(Cl)cc2)[C@H](CC)C(=O)NC2CCCCC2)S(=O)(=O)c2ccc(C)cc2)cc1. The number of aryl methyl sites for hydroxylation is 1. The summed E-state index contributed by atoms with van der Waals surface area (Å²) in [7, 11) is -4.15. The fourth-order valence-electron chi connectivity index (χ4n) is 5.49. The maximum absolute atomic E-state index is 14.3. The van der Waals surface area contributed by atoms with E-state index in [1.807, 2.05) is 32.9 Å². The van der Waals surface area contributed by atoms with Crippen molar-refractivity contribution in [2.75, 3.05) is 17.5 Å². The van der Waals surface area contributed by atoms with Gasteiger partial charge in [-0.2, -0.15) is 0 Å². The first kappa shape index (κ1) is 33.3. The second-order valence-corrected chi connectivity index (χ2v) is 13.5. The second kappa shape index (κ2) is 15.4. The topological polar surface area (TPSA) is 96.0 Å². The Morgan fingerprint density at radius 2 is 1.57 bits per heavy atom. The number of amides is 2. The molecule has 2 amide bonds. The summed E-state index contributed by atoms with van der Waals surface area (Å²) in [6.07, 6.45) is 5.46. The van der Waals surface area contributed by atoms with Gasteiger partial charge in [-0.15, -0.1) is 0 Å². The average Bonchev–Trinajstić information content (AvgIpc) is 3.02. The third kappa shape index (κ3) is 8.54. The lowest BCUT2D eigenvalue weighted by Crippen LogP contribution is -2.54. The number of carbonyl (C=O) groups is 2. The number of nitrogens with one attached hydrogen (secondary N) is 1. The predicted octanol–water partition coefficient (Wildman–Crippen LogP) is 6.50. The van der Waals surface area contributed by atoms with Crippen LogP contribution in [0.15, 0.2) is 77.7 Å². The van der Waals surface area contributed by atoms with Gasteiger partial charge in [0.05, 0.1) is 17.2 Å². The zero-order valence-corrected chi connectivity index (χ0v) is 27.2. The van der Waals surface area contributed by atoms with E-state index in [4.69, 9.17) is 16.3 Å². The average molecular weight is 640 g/mol. The molecule has 10 heteroatoms. The van der Waals surface area contributed by atoms with Crippen molar-refractivity contribution in [2.45, 2.75) is 82.8 Å². The van der Waals surface area contributed by atoms with Crippen LogP contribution in [-0.4, -0.2) is 50.4 Å². The van der Waals surface area contributed by atoms with Gasteiger partial charge in [-0.05, 0) is 87.2 Å². The molecule has 1 N–H and O–H groups in total. The fraction of sp³-hybridized carbons (Fsp3) is 0.412. The lowest BCUT2D eigenvalue weighted by atomic mass is 9.95. The summed E-state index contributed by atoms with van der Waals surface area (Å²) in [5, 5.41) is 3.72. The smallest absolute Gasteiger partial charge is 0.264 e. The number of hydrogen-bond donors (Lipinski definition) is 1. The Balaban J connectivity index is 1.70. The lowest BCUT2D eigenvalue weighted by Gasteiger charge is -2.34. The molecule has 0 saturated heterocycles. The van der Waals surface area contributed by atoms with Gasteiger partial charge >= 0.3 is 0 Å². The van der Waals surface area contributed by atoms with Crippen LogP contribution >= 0.6 is 11.6 Å². The molecule has 1 aliphatic carbocycles. The van der Waals surface area contributed by atoms with Gasteiger partial charge in [-0.25, -0.2) is 8.42 Å². The zero-order valence-electron chi connectivity index (χ0n) is 25.7. The molecule has 236 valence electrons. The van der Waals surface area contributed by atoms with Crippen molar-refractivity contribution in [1.82, 2.24) is 10.2 Å². The number of anilines is 1. The summed E-state index contributed by atoms with van der Waals surface area (Å²) in [5.74, 6) is -0.129. The molecular weight excluding hydrogens is 598 g/mol. The summed E-state index contributed by atoms with van der Waals surface area (Å²) in [6, 6.07) is 19.5. The molecule has 8 nitrogen and oxygen atoms in total. The molecule has 3 aromatic rings. The van der Waals surface area contributed by atoms with Gasteiger partial charge < -0.3 is 15.0 Å². The van der Waals surface area contributed by atoms with Crippen molar-refractivity contribution >= 4 is 39.1 Å². The van der Waals surface area contributed by atoms with E-state index in [1.165, 1.54) is 17.0 Å². The molecule has 0 heterocycles. The first-order chi connectivity index (χ1) is 21.1. The molecule has 0 aliphatic heterocycles. The molecule has 44 heavy (non-hydrogen) atoms. The number of nitrogens with zero attached hydrogens (tertiary/aromatic N) is 2. The van der Waals surface area contributed by atoms with Crippen LogP contribution in [0.25, 0.3) is 0 Å². The van der Waals surface area contributed by atoms with Crippen LogP contribution in [0.1, 0.15) is 63.5 Å². The minimum Gasteiger partial charge on any atom is -0.494 e. The Morgan fingerprint density at radius 3 is 2.16 bits per heavy atom. The highest BCUT2D eigenvalue weighted by Crippen LogP contribution is 2.27. The third-order valence-electron chi connectivity index (χ3n) is 7.93. The third-order valence-corrected chi connectivity index (χ3v) is 9.97. The predicted molar refractivity (Wildman–Crippen MR) is 174 cm³/mol. The molecule has 1 aliphatic rings. The molecule has 1 saturated carbocycles. The summed E-state index contributed by atoms with van der Waals surface area (Å²) >= 11 is 6.12. The van der Waals surface area contributed by atoms with Crippen LogP contribution in [-0.2, 0) is 26.2 Å². The van der Waals surface area contributed by atoms with E-state index < -0.39 is 28.5 Å². The molecule has 3 aromatic carbocycles. The Bertz CT molecular complexity index is 1490. The molecule has 0 radical (unpaired) electrons. The minimum atomic E-state index is -4.15. The number of carbonyl (C=O) groups excluding carboxylic acids is 2. The Hall–Kier alpha value is -3.56. The summed E-state index contributed by atoms with van der Waals surface area (Å²) in [5.41, 5.74) is 2.01. The van der Waals surface area contributed by atoms with Crippen molar-refractivity contribution in [3.8, 4) is 5.75 Å². The van der Waals surface area contributed by atoms with Crippen LogP contribution < -0.4 is 14.4 Å². The number of rotatable bonds is 13. The Labute approximate surface area is 266 Å². The van der Waals surface area contributed by atoms with Gasteiger partial charge in [0, 0.05) is 17.6 Å². The zero-order chi connectivity index (χ0) is 31.7. The summed E-state index contributed by atoms with van der Waals surface area (Å²) in [6.45, 7) is 5.69. The largest absolute Gasteiger partial charge is 0.494 e. The van der Waals surface area contributed by atoms with E-state index >= 15 is 0 Å². The molecule has 0 unspecified atom stereocenters. The highest BCUT2D eigenvalue weighted by Gasteiger charge is 2.34. The number of ether oxygens (including phenoxy) is 1. The van der Waals surface area contributed by atoms with Gasteiger partial charge in [0.15, 0.2) is 0 Å². The summed E-state index contributed by atoms with van der Waals surface area (Å²) < 4.78 is 34.8. The normalized spacial score (nSPS) is 14.5. The van der Waals surface area contributed by atoms with Crippen LogP contribution in [0.4, 0.5) is 5.69 Å². The quantitative estimate of drug-likeness (QED) is 0.230. The van der Waals surface area contributed by atoms with Crippen molar-refractivity contribution < 1.29 is 22.7 Å². The van der Waals surface area contributed by atoms with Crippen molar-refractivity contribution in [1.29, 1.82) is 0 Å². The molecule has 0 bridgehead atoms. The van der Waals surface area contributed by atoms with E-state index in [0.717, 1.165) is 47.5 Å². The maximum Gasteiger partial charge on any atom is 0.264 e. The highest BCUT2D eigenvalue weighted by atomic mass is 35.5. The minimum absolute atomic E-state index is 0.0659. The van der Waals surface area contributed by atoms with Crippen LogP contribution in [0.2, 0.25) is 5.02 Å². The molecule has 0 spiro atoms. The van der Waals surface area contributed by atoms with E-state index in [2.05, 4.69) is 5.32 Å². The van der Waals surface area contributed by atoms with Gasteiger partial charge in [-0.1, -0.05) is 67.6 Å². The van der Waals surface area contributed by atoms with E-state index in [-0.39, 0.29) is 23.4 Å². The molecular formula is C34H42ClN3O5S. The molecule has 4 rings (SSSR count). The van der Waals surface area contributed by atoms with E-state index in [9.17, 15) is 18.0 Å². The Morgan fingerprint density at radius 1 is 0.932 bits per heavy atom. The number of benzene rings is 3. The molecule has 0 aromatic heterocycles. The fourth-order valence-corrected chi connectivity index (χ4v) is 7.03. The number of hydrogen-bond acceptors (Lipinski definition) is 5. The lowest BCUT2D eigenvalue weighted by molar-refractivity contribution is -0.140. The molecule has 1 atom stereocenters. The highest BCUT2D eigenvalue weighted by molar-refractivity contribution is 7.92.